The van der Waals surface area contributed by atoms with Crippen molar-refractivity contribution in [3.8, 4) is 0 Å². The second kappa shape index (κ2) is 6.98. The molecule has 11 heteroatoms. The van der Waals surface area contributed by atoms with Crippen molar-refractivity contribution in [2.75, 3.05) is 6.54 Å². The van der Waals surface area contributed by atoms with E-state index in [0.29, 0.717) is 5.06 Å². The topological polar surface area (TPSA) is 142 Å². The zero-order chi connectivity index (χ0) is 18.8. The Bertz CT molecular complexity index is 635. The Labute approximate surface area is 143 Å². The van der Waals surface area contributed by atoms with Crippen LogP contribution in [0.5, 0.6) is 0 Å². The molecule has 0 radical (unpaired) electrons. The fourth-order valence-corrected chi connectivity index (χ4v) is 2.52. The predicted octanol–water partition coefficient (Wildman–Crippen LogP) is 1.28. The van der Waals surface area contributed by atoms with E-state index in [4.69, 9.17) is 15.1 Å². The number of rotatable bonds is 3. The number of carbonyl (C=O) groups is 4. The lowest BCUT2D eigenvalue weighted by Gasteiger charge is -2.28. The van der Waals surface area contributed by atoms with Crippen LogP contribution in [-0.4, -0.2) is 58.1 Å². The van der Waals surface area contributed by atoms with E-state index in [1.165, 1.54) is 0 Å². The zero-order valence-electron chi connectivity index (χ0n) is 14.2. The van der Waals surface area contributed by atoms with E-state index in [2.05, 4.69) is 10.0 Å². The van der Waals surface area contributed by atoms with Crippen molar-refractivity contribution in [1.29, 1.82) is 0 Å². The molecular weight excluding hydrogens is 334 g/mol. The lowest BCUT2D eigenvalue weighted by Crippen LogP contribution is -2.46. The second-order valence-electron chi connectivity index (χ2n) is 6.74. The van der Waals surface area contributed by atoms with Crippen molar-refractivity contribution in [3.05, 3.63) is 10.4 Å². The summed E-state index contributed by atoms with van der Waals surface area (Å²) in [7, 11) is 0. The van der Waals surface area contributed by atoms with Crippen LogP contribution >= 0.6 is 0 Å². The molecule has 2 rings (SSSR count). The number of hydrogen-bond acceptors (Lipinski definition) is 7. The highest BCUT2D eigenvalue weighted by Gasteiger charge is 2.44. The Kier molecular flexibility index (Phi) is 5.17. The number of nitrogens with zero attached hydrogens (tertiary/aromatic N) is 5. The molecule has 0 bridgehead atoms. The monoisotopic (exact) mass is 353 g/mol. The third kappa shape index (κ3) is 4.38. The minimum absolute atomic E-state index is 0.0123. The number of imide groups is 1. The van der Waals surface area contributed by atoms with Crippen LogP contribution in [0.25, 0.3) is 10.4 Å². The summed E-state index contributed by atoms with van der Waals surface area (Å²) in [5, 5.41) is 3.94. The van der Waals surface area contributed by atoms with Gasteiger partial charge in [0, 0.05) is 24.3 Å². The summed E-state index contributed by atoms with van der Waals surface area (Å²) in [6.07, 6.45) is -0.829. The summed E-state index contributed by atoms with van der Waals surface area (Å²) in [6.45, 7) is 4.98. The first-order valence-electron chi connectivity index (χ1n) is 7.74. The van der Waals surface area contributed by atoms with E-state index >= 15 is 0 Å². The Balaban J connectivity index is 2.14. The molecule has 2 saturated heterocycles. The predicted molar refractivity (Wildman–Crippen MR) is 81.5 cm³/mol. The number of carbonyl (C=O) groups excluding carboxylic acids is 4. The maximum Gasteiger partial charge on any atom is 0.411 e. The Morgan fingerprint density at radius 3 is 2.36 bits per heavy atom. The molecule has 2 aliphatic heterocycles. The van der Waals surface area contributed by atoms with Crippen LogP contribution in [0.15, 0.2) is 5.11 Å². The number of amides is 3. The van der Waals surface area contributed by atoms with Gasteiger partial charge in [0.15, 0.2) is 0 Å². The zero-order valence-corrected chi connectivity index (χ0v) is 14.2. The summed E-state index contributed by atoms with van der Waals surface area (Å²) in [5.74, 6) is -2.19. The molecule has 2 aliphatic rings. The van der Waals surface area contributed by atoms with Crippen LogP contribution in [0.1, 0.15) is 40.0 Å². The van der Waals surface area contributed by atoms with Crippen molar-refractivity contribution in [2.24, 2.45) is 5.11 Å². The second-order valence-corrected chi connectivity index (χ2v) is 6.74. The first-order valence-corrected chi connectivity index (χ1v) is 7.74. The van der Waals surface area contributed by atoms with Crippen LogP contribution in [0.3, 0.4) is 0 Å². The molecule has 25 heavy (non-hydrogen) atoms. The van der Waals surface area contributed by atoms with Gasteiger partial charge in [0.05, 0.1) is 6.04 Å². The summed E-state index contributed by atoms with van der Waals surface area (Å²) >= 11 is 0. The van der Waals surface area contributed by atoms with Gasteiger partial charge in [0.25, 0.3) is 11.8 Å². The third-order valence-corrected chi connectivity index (χ3v) is 3.58. The highest BCUT2D eigenvalue weighted by atomic mass is 16.7. The fraction of sp³-hybridized carbons (Fsp3) is 0.714. The molecule has 0 aromatic rings. The molecule has 0 aromatic carbocycles. The smallest absolute Gasteiger partial charge is 0.411 e. The number of likely N-dealkylation sites (tertiary alicyclic amines) is 1. The Morgan fingerprint density at radius 2 is 1.84 bits per heavy atom. The van der Waals surface area contributed by atoms with Gasteiger partial charge in [-0.2, -0.15) is 0 Å². The lowest BCUT2D eigenvalue weighted by molar-refractivity contribution is -0.200. The van der Waals surface area contributed by atoms with Gasteiger partial charge in [-0.3, -0.25) is 14.5 Å². The van der Waals surface area contributed by atoms with Crippen molar-refractivity contribution < 1.29 is 28.8 Å². The molecule has 0 N–H and O–H groups in total. The molecule has 136 valence electrons. The number of ether oxygens (including phenoxy) is 1. The summed E-state index contributed by atoms with van der Waals surface area (Å²) in [4.78, 5) is 56.4. The van der Waals surface area contributed by atoms with Gasteiger partial charge >= 0.3 is 12.1 Å². The SMILES string of the molecule is CC(C)(C)OC(=O)N1C[C@@H](N=[N+]=[N-])C[C@H]1C(=O)ON1C(=O)CCC1=O. The quantitative estimate of drug-likeness (QED) is 0.324. The van der Waals surface area contributed by atoms with Crippen LogP contribution in [-0.2, 0) is 24.0 Å². The number of azide groups is 1. The van der Waals surface area contributed by atoms with E-state index in [1.807, 2.05) is 0 Å². The summed E-state index contributed by atoms with van der Waals surface area (Å²) < 4.78 is 5.24. The van der Waals surface area contributed by atoms with E-state index in [-0.39, 0.29) is 25.8 Å². The van der Waals surface area contributed by atoms with Crippen molar-refractivity contribution in [3.63, 3.8) is 0 Å². The molecule has 2 atom stereocenters. The van der Waals surface area contributed by atoms with Gasteiger partial charge in [-0.1, -0.05) is 5.11 Å². The standard InChI is InChI=1S/C14H19N5O6/c1-14(2,3)24-13(23)18-7-8(16-17-15)6-9(18)12(22)25-19-10(20)4-5-11(19)21/h8-9H,4-7H2,1-3H3/t8-,9-/m0/s1. The van der Waals surface area contributed by atoms with Crippen LogP contribution < -0.4 is 0 Å². The molecule has 0 aromatic heterocycles. The van der Waals surface area contributed by atoms with E-state index in [9.17, 15) is 19.2 Å². The van der Waals surface area contributed by atoms with E-state index in [0.717, 1.165) is 4.90 Å². The van der Waals surface area contributed by atoms with Gasteiger partial charge in [0.2, 0.25) is 0 Å². The maximum atomic E-state index is 12.4. The fourth-order valence-electron chi connectivity index (χ4n) is 2.52. The number of hydroxylamine groups is 2. The van der Waals surface area contributed by atoms with Crippen molar-refractivity contribution in [2.45, 2.75) is 57.7 Å². The van der Waals surface area contributed by atoms with Gasteiger partial charge in [-0.05, 0) is 32.7 Å². The van der Waals surface area contributed by atoms with Crippen LogP contribution in [0, 0.1) is 0 Å². The van der Waals surface area contributed by atoms with Gasteiger partial charge < -0.3 is 9.57 Å². The largest absolute Gasteiger partial charge is 0.444 e. The van der Waals surface area contributed by atoms with Crippen LogP contribution in [0.4, 0.5) is 4.79 Å². The third-order valence-electron chi connectivity index (χ3n) is 3.58. The molecular formula is C14H19N5O6. The highest BCUT2D eigenvalue weighted by Crippen LogP contribution is 2.25. The first kappa shape index (κ1) is 18.5. The van der Waals surface area contributed by atoms with E-state index in [1.54, 1.807) is 20.8 Å². The van der Waals surface area contributed by atoms with Crippen molar-refractivity contribution in [1.82, 2.24) is 9.96 Å². The molecule has 2 fully saturated rings. The summed E-state index contributed by atoms with van der Waals surface area (Å²) in [5.41, 5.74) is 7.78. The molecule has 0 spiro atoms. The normalized spacial score (nSPS) is 23.5. The Morgan fingerprint density at radius 1 is 1.24 bits per heavy atom. The molecule has 0 saturated carbocycles. The van der Waals surface area contributed by atoms with E-state index < -0.39 is 41.6 Å². The average molecular weight is 353 g/mol. The molecule has 0 aliphatic carbocycles. The maximum absolute atomic E-state index is 12.4. The van der Waals surface area contributed by atoms with Gasteiger partial charge in [0.1, 0.15) is 11.6 Å². The highest BCUT2D eigenvalue weighted by molar-refractivity contribution is 6.01. The lowest BCUT2D eigenvalue weighted by atomic mass is 10.2. The number of hydrogen-bond donors (Lipinski definition) is 0. The minimum atomic E-state index is -1.12. The van der Waals surface area contributed by atoms with Crippen LogP contribution in [0.2, 0.25) is 0 Å². The molecule has 3 amide bonds. The molecule has 0 unspecified atom stereocenters. The minimum Gasteiger partial charge on any atom is -0.444 e. The Hall–Kier alpha value is -2.81. The molecule has 11 nitrogen and oxygen atoms in total. The van der Waals surface area contributed by atoms with Gasteiger partial charge in [-0.25, -0.2) is 9.59 Å². The summed E-state index contributed by atoms with van der Waals surface area (Å²) in [6, 6.07) is -1.76. The molecule has 2 heterocycles. The van der Waals surface area contributed by atoms with Crippen molar-refractivity contribution >= 4 is 23.9 Å². The average Bonchev–Trinajstić information content (AvgIpc) is 3.04. The van der Waals surface area contributed by atoms with Gasteiger partial charge in [-0.15, -0.1) is 5.06 Å². The first-order chi connectivity index (χ1) is 11.6.